The number of carbonyl (C=O) groups is 3. The van der Waals surface area contributed by atoms with Gasteiger partial charge in [0.05, 0.1) is 11.4 Å². The van der Waals surface area contributed by atoms with E-state index in [4.69, 9.17) is 9.47 Å². The molecule has 44 heavy (non-hydrogen) atoms. The largest absolute Gasteiger partial charge is 0.444 e. The lowest BCUT2D eigenvalue weighted by Crippen LogP contribution is -2.44. The maximum absolute atomic E-state index is 13.3. The van der Waals surface area contributed by atoms with Gasteiger partial charge in [0.15, 0.2) is 0 Å². The molecule has 10 nitrogen and oxygen atoms in total. The van der Waals surface area contributed by atoms with Crippen molar-refractivity contribution in [3.8, 4) is 0 Å². The summed E-state index contributed by atoms with van der Waals surface area (Å²) in [6.07, 6.45) is -0.156. The highest BCUT2D eigenvalue weighted by Gasteiger charge is 2.40. The summed E-state index contributed by atoms with van der Waals surface area (Å²) in [4.78, 5) is 42.6. The van der Waals surface area contributed by atoms with Crippen molar-refractivity contribution in [3.63, 3.8) is 0 Å². The van der Waals surface area contributed by atoms with E-state index in [1.54, 1.807) is 12.1 Å². The van der Waals surface area contributed by atoms with E-state index in [0.717, 1.165) is 49.4 Å². The minimum atomic E-state index is -0.586. The minimum absolute atomic E-state index is 0.0365. The molecule has 2 fully saturated rings. The Hall–Kier alpha value is -4.57. The Balaban J connectivity index is 1.23. The normalized spacial score (nSPS) is 18.2. The Morgan fingerprint density at radius 3 is 2.25 bits per heavy atom. The first-order valence-corrected chi connectivity index (χ1v) is 15.0. The van der Waals surface area contributed by atoms with Gasteiger partial charge in [-0.05, 0) is 75.7 Å². The molecule has 1 heterocycles. The van der Waals surface area contributed by atoms with Crippen LogP contribution in [0.1, 0.15) is 54.6 Å². The molecular formula is C34H41N5O5. The molecule has 1 saturated heterocycles. The van der Waals surface area contributed by atoms with Gasteiger partial charge in [0, 0.05) is 49.4 Å². The summed E-state index contributed by atoms with van der Waals surface area (Å²) >= 11 is 0. The first-order chi connectivity index (χ1) is 21.0. The minimum Gasteiger partial charge on any atom is -0.444 e. The molecule has 2 atom stereocenters. The highest BCUT2D eigenvalue weighted by Crippen LogP contribution is 2.41. The van der Waals surface area contributed by atoms with E-state index in [-0.39, 0.29) is 24.5 Å². The van der Waals surface area contributed by atoms with Crippen molar-refractivity contribution in [2.45, 2.75) is 51.4 Å². The van der Waals surface area contributed by atoms with Gasteiger partial charge >= 0.3 is 12.2 Å². The second-order valence-electron chi connectivity index (χ2n) is 12.4. The summed E-state index contributed by atoms with van der Waals surface area (Å²) in [5.74, 6) is -0.0797. The zero-order valence-corrected chi connectivity index (χ0v) is 25.8. The number of piperazine rings is 1. The van der Waals surface area contributed by atoms with Crippen LogP contribution in [-0.2, 0) is 16.1 Å². The quantitative estimate of drug-likeness (QED) is 0.299. The van der Waals surface area contributed by atoms with E-state index in [0.29, 0.717) is 16.9 Å². The van der Waals surface area contributed by atoms with E-state index >= 15 is 0 Å². The monoisotopic (exact) mass is 599 g/mol. The van der Waals surface area contributed by atoms with Crippen molar-refractivity contribution in [1.82, 2.24) is 10.2 Å². The molecule has 2 unspecified atom stereocenters. The molecule has 232 valence electrons. The number of ether oxygens (including phenoxy) is 2. The average molecular weight is 600 g/mol. The number of alkyl carbamates (subject to hydrolysis) is 1. The highest BCUT2D eigenvalue weighted by molar-refractivity contribution is 6.06. The Morgan fingerprint density at radius 1 is 0.864 bits per heavy atom. The topological polar surface area (TPSA) is 112 Å². The van der Waals surface area contributed by atoms with Crippen molar-refractivity contribution in [3.05, 3.63) is 89.5 Å². The van der Waals surface area contributed by atoms with Gasteiger partial charge in [-0.2, -0.15) is 0 Å². The average Bonchev–Trinajstić information content (AvgIpc) is 3.75. The molecule has 5 rings (SSSR count). The Kier molecular flexibility index (Phi) is 9.39. The number of hydrogen-bond donors (Lipinski definition) is 3. The molecule has 1 saturated carbocycles. The molecular weight excluding hydrogens is 558 g/mol. The van der Waals surface area contributed by atoms with Crippen LogP contribution < -0.4 is 20.9 Å². The third-order valence-corrected chi connectivity index (χ3v) is 7.64. The smallest absolute Gasteiger partial charge is 0.412 e. The van der Waals surface area contributed by atoms with E-state index in [2.05, 4.69) is 32.8 Å². The Morgan fingerprint density at radius 2 is 1.57 bits per heavy atom. The molecule has 2 aliphatic rings. The molecule has 3 aromatic rings. The van der Waals surface area contributed by atoms with E-state index in [9.17, 15) is 14.4 Å². The van der Waals surface area contributed by atoms with Crippen LogP contribution in [0.4, 0.5) is 26.7 Å². The van der Waals surface area contributed by atoms with Crippen LogP contribution in [0, 0.1) is 0 Å². The fourth-order valence-electron chi connectivity index (χ4n) is 5.17. The summed E-state index contributed by atoms with van der Waals surface area (Å²) < 4.78 is 10.8. The van der Waals surface area contributed by atoms with Crippen LogP contribution in [0.2, 0.25) is 0 Å². The number of rotatable bonds is 8. The molecule has 1 aliphatic heterocycles. The number of nitrogens with zero attached hydrogens (tertiary/aromatic N) is 2. The van der Waals surface area contributed by atoms with Crippen molar-refractivity contribution in [2.24, 2.45) is 0 Å². The number of hydrogen-bond acceptors (Lipinski definition) is 7. The lowest BCUT2D eigenvalue weighted by molar-refractivity contribution is 0.0522. The number of anilines is 3. The predicted molar refractivity (Wildman–Crippen MR) is 171 cm³/mol. The van der Waals surface area contributed by atoms with Crippen molar-refractivity contribution >= 4 is 35.2 Å². The molecule has 3 amide bonds. The van der Waals surface area contributed by atoms with Crippen molar-refractivity contribution < 1.29 is 23.9 Å². The van der Waals surface area contributed by atoms with Gasteiger partial charge in [-0.25, -0.2) is 9.59 Å². The van der Waals surface area contributed by atoms with Gasteiger partial charge in [-0.1, -0.05) is 42.5 Å². The Labute approximate surface area is 258 Å². The molecule has 10 heteroatoms. The molecule has 0 radical (unpaired) electrons. The molecule has 1 aliphatic carbocycles. The fourth-order valence-corrected chi connectivity index (χ4v) is 5.17. The van der Waals surface area contributed by atoms with Crippen LogP contribution in [0.5, 0.6) is 0 Å². The van der Waals surface area contributed by atoms with Crippen LogP contribution in [0.25, 0.3) is 0 Å². The molecule has 0 spiro atoms. The standard InChI is InChI=1S/C34H41N5O5/c1-34(2,3)44-33(42)36-28-21-27(28)24-10-13-26(14-11-24)35-31(40)25-12-15-30(39-18-16-38(4)17-19-39)29(20-25)37-32(41)43-22-23-8-6-5-7-9-23/h5-15,20,27-28H,16-19,21-22H2,1-4H3,(H,35,40)(H,36,42)(H,37,41). The maximum atomic E-state index is 13.3. The number of carbonyl (C=O) groups excluding carboxylic acids is 3. The lowest BCUT2D eigenvalue weighted by Gasteiger charge is -2.35. The number of amides is 3. The zero-order valence-electron chi connectivity index (χ0n) is 25.8. The van der Waals surface area contributed by atoms with Gasteiger partial charge in [0.25, 0.3) is 5.91 Å². The first-order valence-electron chi connectivity index (χ1n) is 15.0. The third-order valence-electron chi connectivity index (χ3n) is 7.64. The second-order valence-corrected chi connectivity index (χ2v) is 12.4. The summed E-state index contributed by atoms with van der Waals surface area (Å²) in [6, 6.07) is 22.5. The molecule has 0 bridgehead atoms. The van der Waals surface area contributed by atoms with Crippen LogP contribution in [0.15, 0.2) is 72.8 Å². The summed E-state index contributed by atoms with van der Waals surface area (Å²) in [5, 5.41) is 8.74. The van der Waals surface area contributed by atoms with E-state index < -0.39 is 17.8 Å². The predicted octanol–water partition coefficient (Wildman–Crippen LogP) is 5.82. The highest BCUT2D eigenvalue weighted by atomic mass is 16.6. The van der Waals surface area contributed by atoms with Crippen molar-refractivity contribution in [2.75, 3.05) is 48.8 Å². The molecule has 0 aromatic heterocycles. The third kappa shape index (κ3) is 8.50. The van der Waals surface area contributed by atoms with Gasteiger partial charge in [-0.3, -0.25) is 10.1 Å². The molecule has 3 aromatic carbocycles. The number of nitrogens with one attached hydrogen (secondary N) is 3. The fraction of sp³-hybridized carbons (Fsp3) is 0.382. The number of benzene rings is 3. The van der Waals surface area contributed by atoms with Gasteiger partial charge in [0.2, 0.25) is 0 Å². The van der Waals surface area contributed by atoms with Crippen LogP contribution >= 0.6 is 0 Å². The lowest BCUT2D eigenvalue weighted by atomic mass is 10.1. The van der Waals surface area contributed by atoms with Gasteiger partial charge in [-0.15, -0.1) is 0 Å². The first kappa shape index (κ1) is 30.9. The van der Waals surface area contributed by atoms with E-state index in [1.807, 2.05) is 81.4 Å². The maximum Gasteiger partial charge on any atom is 0.412 e. The van der Waals surface area contributed by atoms with Crippen molar-refractivity contribution in [1.29, 1.82) is 0 Å². The zero-order chi connectivity index (χ0) is 31.3. The van der Waals surface area contributed by atoms with Crippen LogP contribution in [-0.4, -0.2) is 67.9 Å². The SMILES string of the molecule is CN1CCN(c2ccc(C(=O)Nc3ccc(C4CC4NC(=O)OC(C)(C)C)cc3)cc2NC(=O)OCc2ccccc2)CC1. The summed E-state index contributed by atoms with van der Waals surface area (Å²) in [6.45, 7) is 9.06. The molecule has 3 N–H and O–H groups in total. The summed E-state index contributed by atoms with van der Waals surface area (Å²) in [5.41, 5.74) is 3.85. The second kappa shape index (κ2) is 13.4. The van der Waals surface area contributed by atoms with Gasteiger partial charge in [0.1, 0.15) is 12.2 Å². The summed E-state index contributed by atoms with van der Waals surface area (Å²) in [7, 11) is 2.08. The van der Waals surface area contributed by atoms with Gasteiger partial charge < -0.3 is 29.9 Å². The van der Waals surface area contributed by atoms with Crippen LogP contribution in [0.3, 0.4) is 0 Å². The Bertz CT molecular complexity index is 1460. The van der Waals surface area contributed by atoms with E-state index in [1.165, 1.54) is 0 Å². The number of likely N-dealkylation sites (N-methyl/N-ethyl adjacent to an activating group) is 1.